The van der Waals surface area contributed by atoms with Gasteiger partial charge < -0.3 is 15.1 Å². The molecule has 1 saturated heterocycles. The zero-order valence-electron chi connectivity index (χ0n) is 9.33. The van der Waals surface area contributed by atoms with Crippen LogP contribution in [0.1, 0.15) is 13.3 Å². The van der Waals surface area contributed by atoms with Gasteiger partial charge in [0.1, 0.15) is 0 Å². The van der Waals surface area contributed by atoms with Crippen molar-refractivity contribution in [3.63, 3.8) is 0 Å². The molecule has 2 heterocycles. The molecule has 0 saturated carbocycles. The van der Waals surface area contributed by atoms with Crippen molar-refractivity contribution in [2.45, 2.75) is 13.3 Å². The maximum Gasteiger partial charge on any atom is 0.320 e. The number of piperazine rings is 1. The highest BCUT2D eigenvalue weighted by Gasteiger charge is 2.22. The molecule has 0 spiro atoms. The zero-order chi connectivity index (χ0) is 10.7. The van der Waals surface area contributed by atoms with Crippen LogP contribution in [0.5, 0.6) is 0 Å². The number of hydrogen-bond acceptors (Lipinski definition) is 2. The first-order valence-corrected chi connectivity index (χ1v) is 5.67. The Kier molecular flexibility index (Phi) is 3.26. The molecule has 0 aromatic rings. The Balaban J connectivity index is 1.90. The molecule has 4 nitrogen and oxygen atoms in total. The van der Waals surface area contributed by atoms with Crippen molar-refractivity contribution in [2.75, 3.05) is 39.3 Å². The summed E-state index contributed by atoms with van der Waals surface area (Å²) in [4.78, 5) is 15.9. The lowest BCUT2D eigenvalue weighted by Gasteiger charge is -2.34. The lowest BCUT2D eigenvalue weighted by atomic mass is 10.1. The molecule has 15 heavy (non-hydrogen) atoms. The fourth-order valence-electron chi connectivity index (χ4n) is 2.00. The van der Waals surface area contributed by atoms with E-state index in [-0.39, 0.29) is 6.03 Å². The van der Waals surface area contributed by atoms with Gasteiger partial charge >= 0.3 is 6.03 Å². The summed E-state index contributed by atoms with van der Waals surface area (Å²) in [6.45, 7) is 7.34. The molecule has 0 atom stereocenters. The second-order valence-electron chi connectivity index (χ2n) is 4.27. The second-order valence-corrected chi connectivity index (χ2v) is 4.27. The molecule has 1 N–H and O–H groups in total. The molecular weight excluding hydrogens is 190 g/mol. The normalized spacial score (nSPS) is 22.6. The molecule has 2 aliphatic rings. The summed E-state index contributed by atoms with van der Waals surface area (Å²) < 4.78 is 0. The molecule has 0 aliphatic carbocycles. The Bertz CT molecular complexity index is 269. The number of amides is 2. The number of nitrogens with one attached hydrogen (secondary N) is 1. The predicted octanol–water partition coefficient (Wildman–Crippen LogP) is 0.664. The van der Waals surface area contributed by atoms with E-state index in [1.165, 1.54) is 5.57 Å². The first-order valence-electron chi connectivity index (χ1n) is 5.67. The summed E-state index contributed by atoms with van der Waals surface area (Å²) in [7, 11) is 0. The van der Waals surface area contributed by atoms with Gasteiger partial charge in [-0.3, -0.25) is 0 Å². The van der Waals surface area contributed by atoms with E-state index < -0.39 is 0 Å². The Morgan fingerprint density at radius 1 is 1.27 bits per heavy atom. The van der Waals surface area contributed by atoms with Crippen LogP contribution in [0.4, 0.5) is 4.79 Å². The van der Waals surface area contributed by atoms with Crippen molar-refractivity contribution in [2.24, 2.45) is 0 Å². The van der Waals surface area contributed by atoms with Crippen LogP contribution < -0.4 is 5.32 Å². The molecule has 1 fully saturated rings. The third-order valence-corrected chi connectivity index (χ3v) is 3.09. The van der Waals surface area contributed by atoms with Crippen LogP contribution in [-0.2, 0) is 0 Å². The van der Waals surface area contributed by atoms with Crippen molar-refractivity contribution >= 4 is 6.03 Å². The second kappa shape index (κ2) is 4.66. The number of urea groups is 1. The average Bonchev–Trinajstić information content (AvgIpc) is 2.30. The Morgan fingerprint density at radius 3 is 2.60 bits per heavy atom. The minimum Gasteiger partial charge on any atom is -0.322 e. The largest absolute Gasteiger partial charge is 0.322 e. The number of carbonyl (C=O) groups excluding carboxylic acids is 1. The summed E-state index contributed by atoms with van der Waals surface area (Å²) in [5.41, 5.74) is 1.40. The lowest BCUT2D eigenvalue weighted by molar-refractivity contribution is 0.150. The topological polar surface area (TPSA) is 35.6 Å². The molecule has 0 radical (unpaired) electrons. The highest BCUT2D eigenvalue weighted by Crippen LogP contribution is 2.11. The third kappa shape index (κ3) is 2.50. The van der Waals surface area contributed by atoms with Crippen LogP contribution in [-0.4, -0.2) is 55.1 Å². The molecule has 0 aromatic carbocycles. The van der Waals surface area contributed by atoms with E-state index in [9.17, 15) is 4.79 Å². The van der Waals surface area contributed by atoms with E-state index in [0.717, 1.165) is 45.7 Å². The van der Waals surface area contributed by atoms with E-state index in [1.54, 1.807) is 0 Å². The van der Waals surface area contributed by atoms with Crippen molar-refractivity contribution in [1.29, 1.82) is 0 Å². The van der Waals surface area contributed by atoms with Gasteiger partial charge in [0.15, 0.2) is 0 Å². The van der Waals surface area contributed by atoms with Crippen LogP contribution in [0.15, 0.2) is 11.6 Å². The smallest absolute Gasteiger partial charge is 0.320 e. The Morgan fingerprint density at radius 2 is 2.00 bits per heavy atom. The molecule has 0 unspecified atom stereocenters. The van der Waals surface area contributed by atoms with Crippen LogP contribution >= 0.6 is 0 Å². The fraction of sp³-hybridized carbons (Fsp3) is 0.727. The number of rotatable bonds is 0. The minimum absolute atomic E-state index is 0.209. The summed E-state index contributed by atoms with van der Waals surface area (Å²) in [6, 6.07) is 0.209. The predicted molar refractivity (Wildman–Crippen MR) is 59.8 cm³/mol. The maximum atomic E-state index is 12.1. The lowest BCUT2D eigenvalue weighted by Crippen LogP contribution is -2.52. The van der Waals surface area contributed by atoms with E-state index in [1.807, 2.05) is 9.80 Å². The van der Waals surface area contributed by atoms with Crippen molar-refractivity contribution in [1.82, 2.24) is 15.1 Å². The standard InChI is InChI=1S/C11H19N3O/c1-10-2-6-13(7-3-10)11(15)14-8-4-12-5-9-14/h2,12H,3-9H2,1H3. The van der Waals surface area contributed by atoms with Gasteiger partial charge in [0.2, 0.25) is 0 Å². The Labute approximate surface area is 90.9 Å². The van der Waals surface area contributed by atoms with Crippen LogP contribution in [0.3, 0.4) is 0 Å². The molecule has 0 aromatic heterocycles. The van der Waals surface area contributed by atoms with Gasteiger partial charge in [-0.05, 0) is 13.3 Å². The average molecular weight is 209 g/mol. The number of nitrogens with zero attached hydrogens (tertiary/aromatic N) is 2. The van der Waals surface area contributed by atoms with E-state index in [2.05, 4.69) is 18.3 Å². The van der Waals surface area contributed by atoms with Gasteiger partial charge in [-0.1, -0.05) is 11.6 Å². The van der Waals surface area contributed by atoms with Gasteiger partial charge in [-0.15, -0.1) is 0 Å². The monoisotopic (exact) mass is 209 g/mol. The van der Waals surface area contributed by atoms with Crippen molar-refractivity contribution in [3.8, 4) is 0 Å². The van der Waals surface area contributed by atoms with Crippen molar-refractivity contribution in [3.05, 3.63) is 11.6 Å². The minimum atomic E-state index is 0.209. The molecule has 4 heteroatoms. The van der Waals surface area contributed by atoms with Crippen LogP contribution in [0.25, 0.3) is 0 Å². The van der Waals surface area contributed by atoms with E-state index in [4.69, 9.17) is 0 Å². The first kappa shape index (κ1) is 10.5. The van der Waals surface area contributed by atoms with Gasteiger partial charge in [0.05, 0.1) is 0 Å². The molecule has 2 rings (SSSR count). The van der Waals surface area contributed by atoms with Crippen LogP contribution in [0.2, 0.25) is 0 Å². The third-order valence-electron chi connectivity index (χ3n) is 3.09. The SMILES string of the molecule is CC1=CCN(C(=O)N2CCNCC2)CC1. The number of carbonyl (C=O) groups is 1. The van der Waals surface area contributed by atoms with Gasteiger partial charge in [-0.25, -0.2) is 4.79 Å². The maximum absolute atomic E-state index is 12.1. The number of hydrogen-bond donors (Lipinski definition) is 1. The Hall–Kier alpha value is -1.03. The summed E-state index contributed by atoms with van der Waals surface area (Å²) >= 11 is 0. The molecule has 0 bridgehead atoms. The fourth-order valence-corrected chi connectivity index (χ4v) is 2.00. The molecule has 2 aliphatic heterocycles. The van der Waals surface area contributed by atoms with Crippen molar-refractivity contribution < 1.29 is 4.79 Å². The summed E-state index contributed by atoms with van der Waals surface area (Å²) in [5.74, 6) is 0. The highest BCUT2D eigenvalue weighted by molar-refractivity contribution is 5.75. The molecular formula is C11H19N3O. The zero-order valence-corrected chi connectivity index (χ0v) is 9.33. The first-order chi connectivity index (χ1) is 7.27. The molecule has 84 valence electrons. The summed E-state index contributed by atoms with van der Waals surface area (Å²) in [5, 5.41) is 3.26. The van der Waals surface area contributed by atoms with Gasteiger partial charge in [0, 0.05) is 39.3 Å². The van der Waals surface area contributed by atoms with E-state index >= 15 is 0 Å². The van der Waals surface area contributed by atoms with Crippen LogP contribution in [0, 0.1) is 0 Å². The quantitative estimate of drug-likeness (QED) is 0.595. The van der Waals surface area contributed by atoms with Gasteiger partial charge in [0.25, 0.3) is 0 Å². The van der Waals surface area contributed by atoms with Gasteiger partial charge in [-0.2, -0.15) is 0 Å². The van der Waals surface area contributed by atoms with E-state index in [0.29, 0.717) is 0 Å². The summed E-state index contributed by atoms with van der Waals surface area (Å²) in [6.07, 6.45) is 3.18. The molecule has 2 amide bonds. The highest BCUT2D eigenvalue weighted by atomic mass is 16.2.